The minimum Gasteiger partial charge on any atom is -0.376 e. The molecule has 0 bridgehead atoms. The minimum absolute atomic E-state index is 0.0162. The first-order valence-corrected chi connectivity index (χ1v) is 9.57. The van der Waals surface area contributed by atoms with E-state index in [0.717, 1.165) is 12.1 Å². The monoisotopic (exact) mass is 465 g/mol. The summed E-state index contributed by atoms with van der Waals surface area (Å²) in [4.78, 5) is 24.2. The quantitative estimate of drug-likeness (QED) is 0.387. The van der Waals surface area contributed by atoms with Crippen molar-refractivity contribution in [3.8, 4) is 0 Å². The summed E-state index contributed by atoms with van der Waals surface area (Å²) in [7, 11) is 0. The van der Waals surface area contributed by atoms with Crippen LogP contribution in [-0.4, -0.2) is 36.8 Å². The number of hydrogen-bond donors (Lipinski definition) is 3. The minimum atomic E-state index is -4.63. The van der Waals surface area contributed by atoms with E-state index in [2.05, 4.69) is 10.6 Å². The Labute approximate surface area is 177 Å². The van der Waals surface area contributed by atoms with E-state index in [9.17, 15) is 35.9 Å². The number of thioether (sulfide) groups is 1. The Morgan fingerprint density at radius 3 is 2.42 bits per heavy atom. The third kappa shape index (κ3) is 7.70. The lowest BCUT2D eigenvalue weighted by Crippen LogP contribution is -2.33. The maximum Gasteiger partial charge on any atom is 0.405 e. The number of carbonyl (C=O) groups excluding carboxylic acids is 2. The van der Waals surface area contributed by atoms with Crippen molar-refractivity contribution in [2.24, 2.45) is 0 Å². The van der Waals surface area contributed by atoms with Crippen molar-refractivity contribution in [1.82, 2.24) is 5.32 Å². The topological polar surface area (TPSA) is 70.2 Å². The molecule has 2 aromatic carbocycles. The Bertz CT molecular complexity index is 953. The predicted octanol–water partition coefficient (Wildman–Crippen LogP) is 4.79. The number of rotatable bonds is 8. The molecule has 168 valence electrons. The molecular formula is C19H17F6N3O2S. The summed E-state index contributed by atoms with van der Waals surface area (Å²) < 4.78 is 76.1. The lowest BCUT2D eigenvalue weighted by Gasteiger charge is -2.14. The van der Waals surface area contributed by atoms with Crippen LogP contribution >= 0.6 is 11.8 Å². The molecule has 0 saturated heterocycles. The van der Waals surface area contributed by atoms with Crippen molar-refractivity contribution in [3.63, 3.8) is 0 Å². The molecule has 0 unspecified atom stereocenters. The van der Waals surface area contributed by atoms with Crippen molar-refractivity contribution in [3.05, 3.63) is 53.3 Å². The van der Waals surface area contributed by atoms with E-state index in [4.69, 9.17) is 0 Å². The van der Waals surface area contributed by atoms with Crippen molar-refractivity contribution in [2.75, 3.05) is 23.7 Å². The molecule has 3 N–H and O–H groups in total. The normalized spacial score (nSPS) is 11.4. The van der Waals surface area contributed by atoms with Gasteiger partial charge in [-0.05, 0) is 31.2 Å². The molecule has 31 heavy (non-hydrogen) atoms. The molecule has 0 saturated carbocycles. The summed E-state index contributed by atoms with van der Waals surface area (Å²) in [6.07, 6.45) is -4.63. The van der Waals surface area contributed by atoms with Crippen LogP contribution in [0.15, 0.2) is 41.3 Å². The van der Waals surface area contributed by atoms with E-state index in [1.54, 1.807) is 11.4 Å². The maximum atomic E-state index is 14.1. The molecule has 0 atom stereocenters. The van der Waals surface area contributed by atoms with Gasteiger partial charge in [-0.15, -0.1) is 0 Å². The maximum absolute atomic E-state index is 14.1. The SMILES string of the molecule is Cc1c(F)cc(C(=O)NCC(F)(F)F)cc1NCC(=O)Nc1ccccc1SC(F)F. The standard InChI is InChI=1S/C19H17F6N3O2S/c1-10-12(20)6-11(17(30)27-9-19(23,24)25)7-14(10)26-8-16(29)28-13-4-2-3-5-15(13)31-18(21)22/h2-7,18,26H,8-9H2,1H3,(H,27,30)(H,28,29). The summed E-state index contributed by atoms with van der Waals surface area (Å²) >= 11 is 0.255. The van der Waals surface area contributed by atoms with Crippen LogP contribution in [0, 0.1) is 12.7 Å². The fraction of sp³-hybridized carbons (Fsp3) is 0.263. The molecule has 0 aliphatic heterocycles. The van der Waals surface area contributed by atoms with E-state index in [1.807, 2.05) is 0 Å². The van der Waals surface area contributed by atoms with Gasteiger partial charge in [0.1, 0.15) is 12.4 Å². The van der Waals surface area contributed by atoms with Crippen LogP contribution < -0.4 is 16.0 Å². The van der Waals surface area contributed by atoms with Crippen molar-refractivity contribution in [2.45, 2.75) is 23.8 Å². The Hall–Kier alpha value is -2.89. The molecule has 0 fully saturated rings. The number of nitrogens with one attached hydrogen (secondary N) is 3. The summed E-state index contributed by atoms with van der Waals surface area (Å²) in [5.41, 5.74) is -0.159. The number of amides is 2. The van der Waals surface area contributed by atoms with E-state index < -0.39 is 42.7 Å². The lowest BCUT2D eigenvalue weighted by atomic mass is 10.1. The molecule has 2 aromatic rings. The number of hydrogen-bond acceptors (Lipinski definition) is 4. The largest absolute Gasteiger partial charge is 0.405 e. The third-order valence-corrected chi connectivity index (χ3v) is 4.66. The van der Waals surface area contributed by atoms with Crippen molar-refractivity contribution >= 4 is 35.0 Å². The molecule has 2 rings (SSSR count). The van der Waals surface area contributed by atoms with Crippen LogP contribution in [0.4, 0.5) is 37.7 Å². The highest BCUT2D eigenvalue weighted by molar-refractivity contribution is 7.99. The van der Waals surface area contributed by atoms with Gasteiger partial charge in [-0.1, -0.05) is 23.9 Å². The number of halogens is 6. The first-order valence-electron chi connectivity index (χ1n) is 8.69. The molecule has 0 radical (unpaired) electrons. The summed E-state index contributed by atoms with van der Waals surface area (Å²) in [6, 6.07) is 7.80. The predicted molar refractivity (Wildman–Crippen MR) is 105 cm³/mol. The van der Waals surface area contributed by atoms with Gasteiger partial charge in [-0.25, -0.2) is 4.39 Å². The van der Waals surface area contributed by atoms with Gasteiger partial charge in [0.05, 0.1) is 12.2 Å². The molecule has 0 aliphatic carbocycles. The zero-order chi connectivity index (χ0) is 23.2. The third-order valence-electron chi connectivity index (χ3n) is 3.87. The average Bonchev–Trinajstić information content (AvgIpc) is 2.67. The van der Waals surface area contributed by atoms with Crippen molar-refractivity contribution in [1.29, 1.82) is 0 Å². The Kier molecular flexibility index (Phi) is 8.20. The highest BCUT2D eigenvalue weighted by atomic mass is 32.2. The van der Waals surface area contributed by atoms with Gasteiger partial charge in [0, 0.05) is 21.7 Å². The Balaban J connectivity index is 2.07. The van der Waals surface area contributed by atoms with E-state index >= 15 is 0 Å². The zero-order valence-electron chi connectivity index (χ0n) is 15.9. The lowest BCUT2D eigenvalue weighted by molar-refractivity contribution is -0.123. The van der Waals surface area contributed by atoms with Crippen LogP contribution in [0.5, 0.6) is 0 Å². The molecule has 12 heteroatoms. The molecule has 5 nitrogen and oxygen atoms in total. The van der Waals surface area contributed by atoms with Gasteiger partial charge in [-0.3, -0.25) is 9.59 Å². The highest BCUT2D eigenvalue weighted by Gasteiger charge is 2.28. The molecule has 2 amide bonds. The number of carbonyl (C=O) groups is 2. The second-order valence-corrected chi connectivity index (χ2v) is 7.24. The Morgan fingerprint density at radius 2 is 1.77 bits per heavy atom. The second-order valence-electron chi connectivity index (χ2n) is 6.20. The van der Waals surface area contributed by atoms with Gasteiger partial charge < -0.3 is 16.0 Å². The fourth-order valence-corrected chi connectivity index (χ4v) is 3.01. The Morgan fingerprint density at radius 1 is 1.10 bits per heavy atom. The van der Waals surface area contributed by atoms with Gasteiger partial charge in [0.15, 0.2) is 0 Å². The van der Waals surface area contributed by atoms with Crippen LogP contribution in [0.3, 0.4) is 0 Å². The first kappa shape index (κ1) is 24.4. The van der Waals surface area contributed by atoms with Crippen LogP contribution in [-0.2, 0) is 4.79 Å². The van der Waals surface area contributed by atoms with Crippen LogP contribution in [0.25, 0.3) is 0 Å². The molecule has 0 aromatic heterocycles. The first-order chi connectivity index (χ1) is 14.5. The van der Waals surface area contributed by atoms with E-state index in [1.165, 1.54) is 25.1 Å². The number of para-hydroxylation sites is 1. The van der Waals surface area contributed by atoms with Gasteiger partial charge in [-0.2, -0.15) is 22.0 Å². The summed E-state index contributed by atoms with van der Waals surface area (Å²) in [5, 5.41) is 6.66. The van der Waals surface area contributed by atoms with Crippen molar-refractivity contribution < 1.29 is 35.9 Å². The number of alkyl halides is 5. The van der Waals surface area contributed by atoms with E-state index in [-0.39, 0.29) is 39.2 Å². The van der Waals surface area contributed by atoms with Gasteiger partial charge >= 0.3 is 6.18 Å². The molecule has 0 aliphatic rings. The van der Waals surface area contributed by atoms with Crippen LogP contribution in [0.1, 0.15) is 15.9 Å². The molecule has 0 heterocycles. The van der Waals surface area contributed by atoms with Gasteiger partial charge in [0.25, 0.3) is 11.7 Å². The molecular weight excluding hydrogens is 448 g/mol. The number of benzene rings is 2. The highest BCUT2D eigenvalue weighted by Crippen LogP contribution is 2.31. The van der Waals surface area contributed by atoms with E-state index in [0.29, 0.717) is 0 Å². The smallest absolute Gasteiger partial charge is 0.376 e. The summed E-state index contributed by atoms with van der Waals surface area (Å²) in [5.74, 6) is -5.33. The van der Waals surface area contributed by atoms with Crippen LogP contribution in [0.2, 0.25) is 0 Å². The number of anilines is 2. The molecule has 0 spiro atoms. The van der Waals surface area contributed by atoms with Gasteiger partial charge in [0.2, 0.25) is 5.91 Å². The fourth-order valence-electron chi connectivity index (χ4n) is 2.41. The average molecular weight is 465 g/mol. The zero-order valence-corrected chi connectivity index (χ0v) is 16.8. The summed E-state index contributed by atoms with van der Waals surface area (Å²) in [6.45, 7) is -0.647. The second kappa shape index (κ2) is 10.4.